The number of hydrogen-bond donors (Lipinski definition) is 2. The first-order chi connectivity index (χ1) is 10.1. The molecule has 5 heteroatoms. The number of likely N-dealkylation sites (tertiary alicyclic amines) is 1. The van der Waals surface area contributed by atoms with Crippen molar-refractivity contribution < 1.29 is 14.7 Å². The lowest BCUT2D eigenvalue weighted by Crippen LogP contribution is -2.43. The summed E-state index contributed by atoms with van der Waals surface area (Å²) < 4.78 is 0. The van der Waals surface area contributed by atoms with Crippen LogP contribution in [0.25, 0.3) is 0 Å². The molecule has 2 rings (SSSR count). The fourth-order valence-electron chi connectivity index (χ4n) is 3.13. The fourth-order valence-corrected chi connectivity index (χ4v) is 3.13. The highest BCUT2D eigenvalue weighted by atomic mass is 16.4. The van der Waals surface area contributed by atoms with Gasteiger partial charge in [0.05, 0.1) is 11.8 Å². The van der Waals surface area contributed by atoms with Crippen LogP contribution in [-0.2, 0) is 9.59 Å². The molecule has 0 aromatic carbocycles. The molecule has 1 aliphatic heterocycles. The van der Waals surface area contributed by atoms with Crippen molar-refractivity contribution in [2.75, 3.05) is 26.2 Å². The van der Waals surface area contributed by atoms with Gasteiger partial charge in [-0.05, 0) is 44.7 Å². The molecule has 118 valence electrons. The predicted molar refractivity (Wildman–Crippen MR) is 80.8 cm³/mol. The number of allylic oxidation sites excluding steroid dienone is 2. The van der Waals surface area contributed by atoms with Gasteiger partial charge in [0.2, 0.25) is 5.91 Å². The molecule has 0 bridgehead atoms. The van der Waals surface area contributed by atoms with Crippen molar-refractivity contribution in [1.29, 1.82) is 0 Å². The van der Waals surface area contributed by atoms with E-state index < -0.39 is 17.8 Å². The normalized spacial score (nSPS) is 27.5. The zero-order valence-corrected chi connectivity index (χ0v) is 12.8. The van der Waals surface area contributed by atoms with Gasteiger partial charge in [0.15, 0.2) is 0 Å². The zero-order valence-electron chi connectivity index (χ0n) is 12.8. The SMILES string of the molecule is CC1CCN(CCNC(=O)C2CC=CCC2C(=O)O)CC1. The van der Waals surface area contributed by atoms with Crippen LogP contribution in [0, 0.1) is 17.8 Å². The number of carboxylic acid groups (broad SMARTS) is 1. The number of carbonyl (C=O) groups excluding carboxylic acids is 1. The van der Waals surface area contributed by atoms with Gasteiger partial charge in [-0.2, -0.15) is 0 Å². The van der Waals surface area contributed by atoms with E-state index >= 15 is 0 Å². The summed E-state index contributed by atoms with van der Waals surface area (Å²) in [6, 6.07) is 0. The first-order valence-corrected chi connectivity index (χ1v) is 7.95. The fraction of sp³-hybridized carbons (Fsp3) is 0.750. The van der Waals surface area contributed by atoms with Crippen LogP contribution in [-0.4, -0.2) is 48.1 Å². The van der Waals surface area contributed by atoms with Crippen LogP contribution in [0.2, 0.25) is 0 Å². The maximum absolute atomic E-state index is 12.2. The van der Waals surface area contributed by atoms with Crippen LogP contribution >= 0.6 is 0 Å². The molecule has 0 radical (unpaired) electrons. The topological polar surface area (TPSA) is 69.6 Å². The molecular weight excluding hydrogens is 268 g/mol. The molecule has 1 fully saturated rings. The third-order valence-corrected chi connectivity index (χ3v) is 4.69. The third-order valence-electron chi connectivity index (χ3n) is 4.69. The van der Waals surface area contributed by atoms with E-state index in [2.05, 4.69) is 17.1 Å². The molecule has 0 saturated carbocycles. The van der Waals surface area contributed by atoms with Crippen molar-refractivity contribution >= 4 is 11.9 Å². The Morgan fingerprint density at radius 3 is 2.43 bits per heavy atom. The van der Waals surface area contributed by atoms with Gasteiger partial charge in [0, 0.05) is 13.1 Å². The molecule has 1 heterocycles. The average molecular weight is 294 g/mol. The van der Waals surface area contributed by atoms with E-state index in [4.69, 9.17) is 0 Å². The summed E-state index contributed by atoms with van der Waals surface area (Å²) in [4.78, 5) is 25.7. The van der Waals surface area contributed by atoms with Crippen molar-refractivity contribution in [3.63, 3.8) is 0 Å². The predicted octanol–water partition coefficient (Wildman–Crippen LogP) is 1.50. The molecule has 2 N–H and O–H groups in total. The Morgan fingerprint density at radius 2 is 1.81 bits per heavy atom. The van der Waals surface area contributed by atoms with E-state index in [1.807, 2.05) is 12.2 Å². The van der Waals surface area contributed by atoms with Gasteiger partial charge in [0.1, 0.15) is 0 Å². The van der Waals surface area contributed by atoms with Crippen LogP contribution < -0.4 is 5.32 Å². The Bertz CT molecular complexity index is 400. The molecule has 0 spiro atoms. The van der Waals surface area contributed by atoms with Crippen LogP contribution in [0.4, 0.5) is 0 Å². The monoisotopic (exact) mass is 294 g/mol. The first-order valence-electron chi connectivity index (χ1n) is 7.95. The Labute approximate surface area is 126 Å². The largest absolute Gasteiger partial charge is 0.481 e. The summed E-state index contributed by atoms with van der Waals surface area (Å²) in [7, 11) is 0. The number of nitrogens with zero attached hydrogens (tertiary/aromatic N) is 1. The molecule has 1 aliphatic carbocycles. The second kappa shape index (κ2) is 7.59. The number of carbonyl (C=O) groups is 2. The lowest BCUT2D eigenvalue weighted by molar-refractivity contribution is -0.147. The summed E-state index contributed by atoms with van der Waals surface area (Å²) in [6.07, 6.45) is 7.21. The molecule has 21 heavy (non-hydrogen) atoms. The molecule has 1 saturated heterocycles. The second-order valence-electron chi connectivity index (χ2n) is 6.31. The van der Waals surface area contributed by atoms with Gasteiger partial charge < -0.3 is 15.3 Å². The standard InChI is InChI=1S/C16H26N2O3/c1-12-6-9-18(10-7-12)11-8-17-15(19)13-4-2-3-5-14(13)16(20)21/h2-3,12-14H,4-11H2,1H3,(H,17,19)(H,20,21). The smallest absolute Gasteiger partial charge is 0.307 e. The summed E-state index contributed by atoms with van der Waals surface area (Å²) in [5.41, 5.74) is 0. The number of nitrogens with one attached hydrogen (secondary N) is 1. The number of aliphatic carboxylic acids is 1. The van der Waals surface area contributed by atoms with Gasteiger partial charge in [-0.15, -0.1) is 0 Å². The van der Waals surface area contributed by atoms with E-state index in [0.29, 0.717) is 19.4 Å². The van der Waals surface area contributed by atoms with E-state index in [-0.39, 0.29) is 5.91 Å². The van der Waals surface area contributed by atoms with Gasteiger partial charge in [0.25, 0.3) is 0 Å². The van der Waals surface area contributed by atoms with E-state index in [1.54, 1.807) is 0 Å². The van der Waals surface area contributed by atoms with Gasteiger partial charge >= 0.3 is 5.97 Å². The van der Waals surface area contributed by atoms with E-state index in [1.165, 1.54) is 12.8 Å². The second-order valence-corrected chi connectivity index (χ2v) is 6.31. The van der Waals surface area contributed by atoms with Crippen molar-refractivity contribution in [3.8, 4) is 0 Å². The lowest BCUT2D eigenvalue weighted by atomic mass is 9.82. The van der Waals surface area contributed by atoms with Crippen molar-refractivity contribution in [2.24, 2.45) is 17.8 Å². The summed E-state index contributed by atoms with van der Waals surface area (Å²) in [6.45, 7) is 5.95. The molecular formula is C16H26N2O3. The molecule has 1 amide bonds. The maximum Gasteiger partial charge on any atom is 0.307 e. The Kier molecular flexibility index (Phi) is 5.79. The zero-order chi connectivity index (χ0) is 15.2. The Morgan fingerprint density at radius 1 is 1.19 bits per heavy atom. The minimum Gasteiger partial charge on any atom is -0.481 e. The molecule has 2 aliphatic rings. The van der Waals surface area contributed by atoms with Crippen molar-refractivity contribution in [3.05, 3.63) is 12.2 Å². The summed E-state index contributed by atoms with van der Waals surface area (Å²) in [5, 5.41) is 12.1. The van der Waals surface area contributed by atoms with Crippen molar-refractivity contribution in [1.82, 2.24) is 10.2 Å². The number of rotatable bonds is 5. The van der Waals surface area contributed by atoms with E-state index in [0.717, 1.165) is 25.6 Å². The van der Waals surface area contributed by atoms with E-state index in [9.17, 15) is 14.7 Å². The Hall–Kier alpha value is -1.36. The highest BCUT2D eigenvalue weighted by Crippen LogP contribution is 2.26. The minimum absolute atomic E-state index is 0.114. The summed E-state index contributed by atoms with van der Waals surface area (Å²) in [5.74, 6) is -1.18. The minimum atomic E-state index is -0.871. The van der Waals surface area contributed by atoms with Crippen molar-refractivity contribution in [2.45, 2.75) is 32.6 Å². The number of hydrogen-bond acceptors (Lipinski definition) is 3. The van der Waals surface area contributed by atoms with Crippen LogP contribution in [0.15, 0.2) is 12.2 Å². The van der Waals surface area contributed by atoms with Gasteiger partial charge in [-0.3, -0.25) is 9.59 Å². The third kappa shape index (κ3) is 4.56. The van der Waals surface area contributed by atoms with Crippen LogP contribution in [0.5, 0.6) is 0 Å². The van der Waals surface area contributed by atoms with Gasteiger partial charge in [-0.25, -0.2) is 0 Å². The quantitative estimate of drug-likeness (QED) is 0.754. The van der Waals surface area contributed by atoms with Crippen LogP contribution in [0.1, 0.15) is 32.6 Å². The molecule has 0 aromatic rings. The highest BCUT2D eigenvalue weighted by molar-refractivity contribution is 5.85. The highest BCUT2D eigenvalue weighted by Gasteiger charge is 2.33. The number of amides is 1. The average Bonchev–Trinajstić information content (AvgIpc) is 2.49. The van der Waals surface area contributed by atoms with Crippen LogP contribution in [0.3, 0.4) is 0 Å². The molecule has 5 nitrogen and oxygen atoms in total. The maximum atomic E-state index is 12.2. The summed E-state index contributed by atoms with van der Waals surface area (Å²) >= 11 is 0. The lowest BCUT2D eigenvalue weighted by Gasteiger charge is -2.30. The molecule has 0 aromatic heterocycles. The molecule has 2 atom stereocenters. The number of carboxylic acids is 1. The Balaban J connectivity index is 1.73. The first kappa shape index (κ1) is 16.0. The number of piperidine rings is 1. The van der Waals surface area contributed by atoms with Gasteiger partial charge in [-0.1, -0.05) is 19.1 Å². The molecule has 2 unspecified atom stereocenters.